The smallest absolute Gasteiger partial charge is 0.342 e. The number of carboxylic acid groups (broad SMARTS) is 1. The molecule has 0 spiro atoms. The molecule has 2 heterocycles. The molecule has 0 aliphatic carbocycles. The van der Waals surface area contributed by atoms with Gasteiger partial charge in [-0.15, -0.1) is 0 Å². The first-order chi connectivity index (χ1) is 17.0. The van der Waals surface area contributed by atoms with Crippen LogP contribution in [0.15, 0.2) is 78.9 Å². The maximum Gasteiger partial charge on any atom is 0.342 e. The normalized spacial score (nSPS) is 11.3. The zero-order chi connectivity index (χ0) is 24.5. The number of para-hydroxylation sites is 1. The van der Waals surface area contributed by atoms with Gasteiger partial charge in [-0.1, -0.05) is 24.3 Å². The average Bonchev–Trinajstić information content (AvgIpc) is 3.25. The number of fused-ring (bicyclic) bond motifs is 3. The molecule has 8 nitrogen and oxygen atoms in total. The van der Waals surface area contributed by atoms with Crippen LogP contribution in [0.3, 0.4) is 0 Å². The number of rotatable bonds is 6. The average molecular weight is 466 g/mol. The van der Waals surface area contributed by atoms with Crippen molar-refractivity contribution in [1.82, 2.24) is 4.98 Å². The maximum absolute atomic E-state index is 12.3. The van der Waals surface area contributed by atoms with Crippen molar-refractivity contribution in [2.45, 2.75) is 0 Å². The number of nitro groups is 1. The summed E-state index contributed by atoms with van der Waals surface area (Å²) in [5.74, 6) is -0.370. The van der Waals surface area contributed by atoms with Gasteiger partial charge in [-0.3, -0.25) is 10.1 Å². The number of nitro benzene ring substituents is 1. The van der Waals surface area contributed by atoms with Crippen molar-refractivity contribution in [3.05, 3.63) is 106 Å². The number of ether oxygens (including phenoxy) is 1. The highest BCUT2D eigenvalue weighted by Crippen LogP contribution is 2.27. The van der Waals surface area contributed by atoms with E-state index < -0.39 is 10.9 Å². The zero-order valence-electron chi connectivity index (χ0n) is 18.6. The third-order valence-corrected chi connectivity index (χ3v) is 5.83. The number of aromatic carboxylic acids is 1. The second kappa shape index (κ2) is 8.75. The second-order valence-electron chi connectivity index (χ2n) is 7.90. The monoisotopic (exact) mass is 466 g/mol. The number of hydrogen-bond donors (Lipinski definition) is 2. The summed E-state index contributed by atoms with van der Waals surface area (Å²) >= 11 is 0. The van der Waals surface area contributed by atoms with Crippen LogP contribution in [0.25, 0.3) is 39.8 Å². The molecule has 3 aromatic carbocycles. The largest absolute Gasteiger partial charge is 0.497 e. The van der Waals surface area contributed by atoms with Gasteiger partial charge >= 0.3 is 5.97 Å². The third kappa shape index (κ3) is 3.97. The molecule has 172 valence electrons. The van der Waals surface area contributed by atoms with Gasteiger partial charge in [-0.05, 0) is 42.0 Å². The first-order valence-electron chi connectivity index (χ1n) is 10.8. The predicted octanol–water partition coefficient (Wildman–Crippen LogP) is 5.38. The Labute approximate surface area is 199 Å². The number of H-pyrrole nitrogens is 1. The number of pyridine rings is 1. The number of methoxy groups -OCH3 is 1. The van der Waals surface area contributed by atoms with Crippen molar-refractivity contribution < 1.29 is 24.1 Å². The van der Waals surface area contributed by atoms with Gasteiger partial charge in [-0.2, -0.15) is 4.57 Å². The van der Waals surface area contributed by atoms with E-state index in [1.165, 1.54) is 12.1 Å². The quantitative estimate of drug-likeness (QED) is 0.198. The fraction of sp³-hybridized carbons (Fsp3) is 0.0370. The van der Waals surface area contributed by atoms with Crippen molar-refractivity contribution in [2.75, 3.05) is 7.11 Å². The highest BCUT2D eigenvalue weighted by atomic mass is 16.6. The van der Waals surface area contributed by atoms with E-state index in [9.17, 15) is 20.0 Å². The molecule has 0 fully saturated rings. The molecule has 8 heteroatoms. The summed E-state index contributed by atoms with van der Waals surface area (Å²) in [4.78, 5) is 26.4. The van der Waals surface area contributed by atoms with Crippen molar-refractivity contribution >= 4 is 45.7 Å². The number of nitrogens with one attached hydrogen (secondary N) is 1. The lowest BCUT2D eigenvalue weighted by Crippen LogP contribution is -2.37. The molecule has 5 rings (SSSR count). The highest BCUT2D eigenvalue weighted by Gasteiger charge is 2.28. The summed E-state index contributed by atoms with van der Waals surface area (Å²) in [6.07, 6.45) is 3.57. The van der Waals surface area contributed by atoms with Gasteiger partial charge < -0.3 is 14.8 Å². The number of carboxylic acids is 1. The number of nitrogens with zero attached hydrogens (tertiary/aromatic N) is 2. The number of aromatic amines is 1. The standard InChI is InChI=1S/C27H19N3O5/c1-35-20-13-6-17(7-14-20)8-15-25-22(27(31)32)16-24-26(21-4-2-3-5-23(21)28-24)29(25)18-9-11-19(12-10-18)30(33)34/h2-16H,1H3,(H,31,32)/p+1/b15-8+. The molecule has 0 atom stereocenters. The van der Waals surface area contributed by atoms with E-state index in [1.807, 2.05) is 59.2 Å². The number of non-ortho nitro benzene ring substituents is 1. The number of benzene rings is 3. The topological polar surface area (TPSA) is 109 Å². The van der Waals surface area contributed by atoms with Crippen LogP contribution in [0.2, 0.25) is 0 Å². The first-order valence-corrected chi connectivity index (χ1v) is 10.8. The Kier molecular flexibility index (Phi) is 5.46. The van der Waals surface area contributed by atoms with Crippen LogP contribution >= 0.6 is 0 Å². The second-order valence-corrected chi connectivity index (χ2v) is 7.90. The van der Waals surface area contributed by atoms with E-state index in [4.69, 9.17) is 4.74 Å². The molecule has 0 saturated carbocycles. The molecular formula is C27H20N3O5+. The van der Waals surface area contributed by atoms with Crippen molar-refractivity contribution in [2.24, 2.45) is 0 Å². The predicted molar refractivity (Wildman–Crippen MR) is 133 cm³/mol. The van der Waals surface area contributed by atoms with Crippen molar-refractivity contribution in [3.63, 3.8) is 0 Å². The number of aromatic nitrogens is 2. The van der Waals surface area contributed by atoms with E-state index in [-0.39, 0.29) is 11.3 Å². The Hall–Kier alpha value is -4.98. The van der Waals surface area contributed by atoms with Crippen molar-refractivity contribution in [1.29, 1.82) is 0 Å². The SMILES string of the molecule is COc1ccc(/C=C/c2c(C(=O)O)cc3[nH]c4ccccc4c3[n+]2-c2ccc([N+](=O)[O-])cc2)cc1. The summed E-state index contributed by atoms with van der Waals surface area (Å²) in [7, 11) is 1.59. The molecule has 0 aliphatic rings. The first kappa shape index (κ1) is 21.8. The molecule has 0 saturated heterocycles. The van der Waals surface area contributed by atoms with Crippen LogP contribution < -0.4 is 9.30 Å². The van der Waals surface area contributed by atoms with Gasteiger partial charge in [0.05, 0.1) is 22.9 Å². The molecule has 0 unspecified atom stereocenters. The molecular weight excluding hydrogens is 446 g/mol. The molecule has 2 N–H and O–H groups in total. The van der Waals surface area contributed by atoms with Crippen LogP contribution in [-0.2, 0) is 0 Å². The van der Waals surface area contributed by atoms with Gasteiger partial charge in [0.1, 0.15) is 16.8 Å². The zero-order valence-corrected chi connectivity index (χ0v) is 18.6. The molecule has 0 bridgehead atoms. The van der Waals surface area contributed by atoms with Crippen LogP contribution in [-0.4, -0.2) is 28.1 Å². The van der Waals surface area contributed by atoms with Crippen molar-refractivity contribution in [3.8, 4) is 11.4 Å². The van der Waals surface area contributed by atoms with Gasteiger partial charge in [0.2, 0.25) is 16.9 Å². The summed E-state index contributed by atoms with van der Waals surface area (Å²) < 4.78 is 7.03. The van der Waals surface area contributed by atoms with Crippen LogP contribution in [0.5, 0.6) is 5.75 Å². The molecule has 2 aromatic heterocycles. The van der Waals surface area contributed by atoms with Crippen LogP contribution in [0, 0.1) is 10.1 Å². The molecule has 0 radical (unpaired) electrons. The minimum atomic E-state index is -1.09. The Morgan fingerprint density at radius 1 is 1.00 bits per heavy atom. The van der Waals surface area contributed by atoms with Gasteiger partial charge in [0.25, 0.3) is 5.69 Å². The molecule has 0 aliphatic heterocycles. The summed E-state index contributed by atoms with van der Waals surface area (Å²) in [5, 5.41) is 22.2. The Morgan fingerprint density at radius 2 is 1.71 bits per heavy atom. The third-order valence-electron chi connectivity index (χ3n) is 5.83. The van der Waals surface area contributed by atoms with Crippen LogP contribution in [0.4, 0.5) is 5.69 Å². The molecule has 5 aromatic rings. The van der Waals surface area contributed by atoms with E-state index in [1.54, 1.807) is 31.4 Å². The van der Waals surface area contributed by atoms with E-state index >= 15 is 0 Å². The summed E-state index contributed by atoms with van der Waals surface area (Å²) in [6.45, 7) is 0. The minimum Gasteiger partial charge on any atom is -0.497 e. The minimum absolute atomic E-state index is 0.0470. The lowest BCUT2D eigenvalue weighted by molar-refractivity contribution is -0.568. The molecule has 0 amide bonds. The summed E-state index contributed by atoms with van der Waals surface area (Å²) in [6, 6.07) is 22.8. The Bertz CT molecular complexity index is 1620. The fourth-order valence-corrected chi connectivity index (χ4v) is 4.17. The van der Waals surface area contributed by atoms with Gasteiger partial charge in [0.15, 0.2) is 0 Å². The fourth-order valence-electron chi connectivity index (χ4n) is 4.17. The highest BCUT2D eigenvalue weighted by molar-refractivity contribution is 6.05. The Balaban J connectivity index is 1.82. The summed E-state index contributed by atoms with van der Waals surface area (Å²) in [5.41, 5.74) is 4.20. The number of hydrogen-bond acceptors (Lipinski definition) is 4. The maximum atomic E-state index is 12.3. The molecule has 35 heavy (non-hydrogen) atoms. The lowest BCUT2D eigenvalue weighted by atomic mass is 10.1. The van der Waals surface area contributed by atoms with Crippen LogP contribution in [0.1, 0.15) is 21.6 Å². The van der Waals surface area contributed by atoms with E-state index in [0.717, 1.165) is 27.7 Å². The Morgan fingerprint density at radius 3 is 2.37 bits per heavy atom. The lowest BCUT2D eigenvalue weighted by Gasteiger charge is -2.06. The number of carbonyl (C=O) groups is 1. The van der Waals surface area contributed by atoms with E-state index in [0.29, 0.717) is 16.9 Å². The van der Waals surface area contributed by atoms with E-state index in [2.05, 4.69) is 4.98 Å². The van der Waals surface area contributed by atoms with Gasteiger partial charge in [-0.25, -0.2) is 4.79 Å². The van der Waals surface area contributed by atoms with Gasteiger partial charge in [0, 0.05) is 30.3 Å².